The molecule has 1 rings (SSSR count). The fourth-order valence-electron chi connectivity index (χ4n) is 0.726. The third-order valence-corrected chi connectivity index (χ3v) is 2.81. The molecule has 0 N–H and O–H groups in total. The summed E-state index contributed by atoms with van der Waals surface area (Å²) in [5.74, 6) is 0. The van der Waals surface area contributed by atoms with Gasteiger partial charge in [0.05, 0.1) is 9.50 Å². The van der Waals surface area contributed by atoms with Gasteiger partial charge in [-0.2, -0.15) is 0 Å². The van der Waals surface area contributed by atoms with Crippen molar-refractivity contribution >= 4 is 33.8 Å². The molecule has 1 aromatic rings. The summed E-state index contributed by atoms with van der Waals surface area (Å²) in [6.07, 6.45) is -1.22. The zero-order valence-corrected chi connectivity index (χ0v) is 8.44. The number of hydrogen-bond acceptors (Lipinski definition) is 2. The van der Waals surface area contributed by atoms with Crippen molar-refractivity contribution in [2.75, 3.05) is 0 Å². The maximum absolute atomic E-state index is 12.2. The Kier molecular flexibility index (Phi) is 3.33. The van der Waals surface area contributed by atoms with Crippen LogP contribution in [0.4, 0.5) is 8.78 Å². The molecule has 0 saturated carbocycles. The van der Waals surface area contributed by atoms with Crippen LogP contribution in [-0.2, 0) is 0 Å². The van der Waals surface area contributed by atoms with E-state index in [0.29, 0.717) is 6.29 Å². The maximum Gasteiger partial charge on any atom is 0.281 e. The second kappa shape index (κ2) is 4.11. The number of carbonyl (C=O) groups is 1. The van der Waals surface area contributed by atoms with Crippen LogP contribution in [0, 0.1) is 0 Å². The lowest BCUT2D eigenvalue weighted by atomic mass is 10.3. The quantitative estimate of drug-likeness (QED) is 0.772. The summed E-state index contributed by atoms with van der Waals surface area (Å²) in [6.45, 7) is 0. The van der Waals surface area contributed by atoms with E-state index in [9.17, 15) is 13.6 Å². The molecule has 0 bridgehead atoms. The maximum atomic E-state index is 12.2. The highest BCUT2D eigenvalue weighted by Crippen LogP contribution is 2.32. The van der Waals surface area contributed by atoms with Gasteiger partial charge in [0.1, 0.15) is 5.69 Å². The van der Waals surface area contributed by atoms with E-state index in [0.717, 1.165) is 6.20 Å². The minimum absolute atomic E-state index is 0.148. The number of aromatic nitrogens is 1. The Morgan fingerprint density at radius 3 is 2.69 bits per heavy atom. The van der Waals surface area contributed by atoms with Crippen molar-refractivity contribution in [2.24, 2.45) is 0 Å². The number of alkyl halides is 2. The summed E-state index contributed by atoms with van der Waals surface area (Å²) in [5.41, 5.74) is -0.381. The van der Waals surface area contributed by atoms with Gasteiger partial charge in [-0.05, 0) is 15.9 Å². The third kappa shape index (κ3) is 2.03. The molecule has 2 nitrogen and oxygen atoms in total. The van der Waals surface area contributed by atoms with Gasteiger partial charge in [0.15, 0.2) is 6.29 Å². The Bertz CT molecular complexity index is 346. The molecule has 0 atom stereocenters. The van der Waals surface area contributed by atoms with Crippen molar-refractivity contribution < 1.29 is 13.6 Å². The molecular formula is C7H3BrClF2NO. The van der Waals surface area contributed by atoms with E-state index in [1.165, 1.54) is 0 Å². The standard InChI is InChI=1S/C7H3BrClF2NO/c8-4-3(2-13)1-12-6(5(4)9)7(10)11/h1-2,7H. The molecule has 6 heteroatoms. The van der Waals surface area contributed by atoms with Gasteiger partial charge in [-0.3, -0.25) is 9.78 Å². The minimum atomic E-state index is -2.75. The average Bonchev–Trinajstić information content (AvgIpc) is 2.09. The van der Waals surface area contributed by atoms with Crippen LogP contribution < -0.4 is 0 Å². The highest BCUT2D eigenvalue weighted by Gasteiger charge is 2.17. The van der Waals surface area contributed by atoms with Crippen LogP contribution in [0.5, 0.6) is 0 Å². The molecule has 0 aromatic carbocycles. The van der Waals surface area contributed by atoms with Gasteiger partial charge < -0.3 is 0 Å². The monoisotopic (exact) mass is 269 g/mol. The van der Waals surface area contributed by atoms with Gasteiger partial charge in [0.2, 0.25) is 0 Å². The van der Waals surface area contributed by atoms with E-state index in [1.54, 1.807) is 0 Å². The van der Waals surface area contributed by atoms with E-state index in [4.69, 9.17) is 11.6 Å². The lowest BCUT2D eigenvalue weighted by Gasteiger charge is -2.04. The van der Waals surface area contributed by atoms with Crippen LogP contribution in [0.2, 0.25) is 5.02 Å². The van der Waals surface area contributed by atoms with Crippen molar-refractivity contribution in [2.45, 2.75) is 6.43 Å². The average molecular weight is 270 g/mol. The largest absolute Gasteiger partial charge is 0.298 e. The Morgan fingerprint density at radius 2 is 2.23 bits per heavy atom. The molecule has 0 radical (unpaired) electrons. The molecule has 0 unspecified atom stereocenters. The van der Waals surface area contributed by atoms with Crippen molar-refractivity contribution in [3.63, 3.8) is 0 Å². The summed E-state index contributed by atoms with van der Waals surface area (Å²) >= 11 is 8.45. The van der Waals surface area contributed by atoms with Crippen LogP contribution in [0.25, 0.3) is 0 Å². The topological polar surface area (TPSA) is 30.0 Å². The Labute approximate surface area is 86.0 Å². The van der Waals surface area contributed by atoms with Crippen molar-refractivity contribution in [1.82, 2.24) is 4.98 Å². The number of pyridine rings is 1. The SMILES string of the molecule is O=Cc1cnc(C(F)F)c(Cl)c1Br. The Balaban J connectivity index is 3.31. The molecule has 1 heterocycles. The van der Waals surface area contributed by atoms with Gasteiger partial charge in [-0.15, -0.1) is 0 Å². The van der Waals surface area contributed by atoms with Gasteiger partial charge >= 0.3 is 0 Å². The predicted molar refractivity (Wildman–Crippen MR) is 47.3 cm³/mol. The van der Waals surface area contributed by atoms with E-state index in [2.05, 4.69) is 20.9 Å². The normalized spacial score (nSPS) is 10.5. The first-order valence-corrected chi connectivity index (χ1v) is 4.32. The first-order valence-electron chi connectivity index (χ1n) is 3.15. The molecule has 0 spiro atoms. The zero-order chi connectivity index (χ0) is 10.0. The summed E-state index contributed by atoms with van der Waals surface area (Å²) in [5, 5.41) is -0.223. The van der Waals surface area contributed by atoms with Gasteiger partial charge in [0.25, 0.3) is 6.43 Å². The van der Waals surface area contributed by atoms with Gasteiger partial charge in [-0.25, -0.2) is 8.78 Å². The molecular weight excluding hydrogens is 267 g/mol. The van der Waals surface area contributed by atoms with E-state index in [1.807, 2.05) is 0 Å². The molecule has 0 saturated heterocycles. The van der Waals surface area contributed by atoms with Crippen molar-refractivity contribution in [3.05, 3.63) is 26.9 Å². The molecule has 70 valence electrons. The zero-order valence-electron chi connectivity index (χ0n) is 6.10. The summed E-state index contributed by atoms with van der Waals surface area (Å²) in [6, 6.07) is 0. The second-order valence-corrected chi connectivity index (χ2v) is 3.32. The number of hydrogen-bond donors (Lipinski definition) is 0. The summed E-state index contributed by atoms with van der Waals surface area (Å²) in [4.78, 5) is 13.7. The highest BCUT2D eigenvalue weighted by molar-refractivity contribution is 9.10. The number of aldehydes is 1. The fraction of sp³-hybridized carbons (Fsp3) is 0.143. The number of carbonyl (C=O) groups excluding carboxylic acids is 1. The predicted octanol–water partition coefficient (Wildman–Crippen LogP) is 3.25. The lowest BCUT2D eigenvalue weighted by molar-refractivity contribution is 0.112. The van der Waals surface area contributed by atoms with E-state index in [-0.39, 0.29) is 15.1 Å². The van der Waals surface area contributed by atoms with Crippen LogP contribution >= 0.6 is 27.5 Å². The summed E-state index contributed by atoms with van der Waals surface area (Å²) < 4.78 is 24.5. The fourth-order valence-corrected chi connectivity index (χ4v) is 1.37. The van der Waals surface area contributed by atoms with E-state index >= 15 is 0 Å². The molecule has 0 aliphatic carbocycles. The Hall–Kier alpha value is -0.550. The molecule has 13 heavy (non-hydrogen) atoms. The molecule has 0 aliphatic heterocycles. The van der Waals surface area contributed by atoms with E-state index < -0.39 is 12.1 Å². The van der Waals surface area contributed by atoms with Crippen molar-refractivity contribution in [3.8, 4) is 0 Å². The lowest BCUT2D eigenvalue weighted by Crippen LogP contribution is -1.95. The van der Waals surface area contributed by atoms with Gasteiger partial charge in [0, 0.05) is 11.8 Å². The molecule has 0 aliphatic rings. The second-order valence-electron chi connectivity index (χ2n) is 2.15. The molecule has 0 fully saturated rings. The van der Waals surface area contributed by atoms with Crippen molar-refractivity contribution in [1.29, 1.82) is 0 Å². The number of halogens is 4. The van der Waals surface area contributed by atoms with Crippen LogP contribution in [0.3, 0.4) is 0 Å². The Morgan fingerprint density at radius 1 is 1.62 bits per heavy atom. The number of rotatable bonds is 2. The third-order valence-electron chi connectivity index (χ3n) is 1.35. The van der Waals surface area contributed by atoms with Gasteiger partial charge in [-0.1, -0.05) is 11.6 Å². The van der Waals surface area contributed by atoms with Crippen LogP contribution in [-0.4, -0.2) is 11.3 Å². The first-order chi connectivity index (χ1) is 6.07. The van der Waals surface area contributed by atoms with Crippen LogP contribution in [0.1, 0.15) is 22.5 Å². The summed E-state index contributed by atoms with van der Waals surface area (Å²) in [7, 11) is 0. The molecule has 1 aromatic heterocycles. The first kappa shape index (κ1) is 10.5. The smallest absolute Gasteiger partial charge is 0.281 e. The number of nitrogens with zero attached hydrogens (tertiary/aromatic N) is 1. The highest BCUT2D eigenvalue weighted by atomic mass is 79.9. The minimum Gasteiger partial charge on any atom is -0.298 e. The molecule has 0 amide bonds. The van der Waals surface area contributed by atoms with Crippen LogP contribution in [0.15, 0.2) is 10.7 Å².